The van der Waals surface area contributed by atoms with Crippen LogP contribution in [0.15, 0.2) is 18.5 Å². The van der Waals surface area contributed by atoms with Crippen molar-refractivity contribution in [2.75, 3.05) is 71.9 Å². The minimum Gasteiger partial charge on any atom is -0.382 e. The second-order valence-corrected chi connectivity index (χ2v) is 6.26. The van der Waals surface area contributed by atoms with Crippen molar-refractivity contribution >= 4 is 11.6 Å². The van der Waals surface area contributed by atoms with Crippen molar-refractivity contribution < 1.29 is 9.53 Å². The van der Waals surface area contributed by atoms with Crippen molar-refractivity contribution in [3.63, 3.8) is 0 Å². The molecular formula is C17H29N5O2. The summed E-state index contributed by atoms with van der Waals surface area (Å²) in [4.78, 5) is 20.8. The number of hydrogen-bond acceptors (Lipinski definition) is 6. The summed E-state index contributed by atoms with van der Waals surface area (Å²) in [5.41, 5.74) is 1.47. The maximum atomic E-state index is 12.1. The van der Waals surface area contributed by atoms with Crippen LogP contribution in [0.4, 0.5) is 5.69 Å². The van der Waals surface area contributed by atoms with E-state index in [9.17, 15) is 4.79 Å². The second-order valence-electron chi connectivity index (χ2n) is 6.26. The Balaban J connectivity index is 1.72. The van der Waals surface area contributed by atoms with Gasteiger partial charge in [-0.05, 0) is 33.1 Å². The largest absolute Gasteiger partial charge is 0.382 e. The minimum absolute atomic E-state index is 0.0712. The van der Waals surface area contributed by atoms with Crippen molar-refractivity contribution in [3.8, 4) is 0 Å². The zero-order valence-corrected chi connectivity index (χ0v) is 14.8. The maximum Gasteiger partial charge on any atom is 0.252 e. The standard InChI is InChI=1S/C17H29N5O2/c1-21(2)6-3-4-20-17(23)15-12-16(14-18-13-15)19-5-7-22-8-10-24-11-9-22/h12-14,19H,3-11H2,1-2H3,(H,20,23). The molecule has 2 N–H and O–H groups in total. The molecule has 1 aliphatic heterocycles. The molecule has 7 heteroatoms. The monoisotopic (exact) mass is 335 g/mol. The number of nitrogens with one attached hydrogen (secondary N) is 2. The van der Waals surface area contributed by atoms with Crippen molar-refractivity contribution in [3.05, 3.63) is 24.0 Å². The third-order valence-corrected chi connectivity index (χ3v) is 3.93. The summed E-state index contributed by atoms with van der Waals surface area (Å²) in [6.45, 7) is 7.01. The number of aromatic nitrogens is 1. The molecule has 0 bridgehead atoms. The molecule has 7 nitrogen and oxygen atoms in total. The van der Waals surface area contributed by atoms with E-state index in [0.717, 1.165) is 58.0 Å². The van der Waals surface area contributed by atoms with Gasteiger partial charge in [-0.2, -0.15) is 0 Å². The number of carbonyl (C=O) groups excluding carboxylic acids is 1. The van der Waals surface area contributed by atoms with Gasteiger partial charge in [0.05, 0.1) is 24.5 Å². The van der Waals surface area contributed by atoms with Crippen molar-refractivity contribution in [1.29, 1.82) is 0 Å². The topological polar surface area (TPSA) is 69.7 Å². The zero-order valence-electron chi connectivity index (χ0n) is 14.8. The number of rotatable bonds is 9. The molecule has 0 aliphatic carbocycles. The molecule has 1 aromatic heterocycles. The summed E-state index contributed by atoms with van der Waals surface area (Å²) in [5.74, 6) is -0.0712. The molecule has 1 saturated heterocycles. The third kappa shape index (κ3) is 6.82. The predicted octanol–water partition coefficient (Wildman–Crippen LogP) is 0.507. The van der Waals surface area contributed by atoms with Gasteiger partial charge in [-0.1, -0.05) is 0 Å². The van der Waals surface area contributed by atoms with Crippen LogP contribution in [0.2, 0.25) is 0 Å². The van der Waals surface area contributed by atoms with E-state index in [1.54, 1.807) is 12.4 Å². The highest BCUT2D eigenvalue weighted by molar-refractivity contribution is 5.94. The molecule has 1 fully saturated rings. The van der Waals surface area contributed by atoms with E-state index >= 15 is 0 Å². The first-order valence-corrected chi connectivity index (χ1v) is 8.57. The summed E-state index contributed by atoms with van der Waals surface area (Å²) in [6.07, 6.45) is 4.29. The SMILES string of the molecule is CN(C)CCCNC(=O)c1cncc(NCCN2CCOCC2)c1. The predicted molar refractivity (Wildman–Crippen MR) is 95.5 cm³/mol. The number of anilines is 1. The van der Waals surface area contributed by atoms with Crippen LogP contribution in [0.3, 0.4) is 0 Å². The lowest BCUT2D eigenvalue weighted by Crippen LogP contribution is -2.39. The molecule has 0 aromatic carbocycles. The highest BCUT2D eigenvalue weighted by Gasteiger charge is 2.10. The van der Waals surface area contributed by atoms with Crippen LogP contribution in [-0.2, 0) is 4.74 Å². The molecule has 1 aromatic rings. The van der Waals surface area contributed by atoms with Gasteiger partial charge in [0.15, 0.2) is 0 Å². The van der Waals surface area contributed by atoms with E-state index in [-0.39, 0.29) is 5.91 Å². The van der Waals surface area contributed by atoms with Crippen LogP contribution in [0, 0.1) is 0 Å². The molecule has 134 valence electrons. The fraction of sp³-hybridized carbons (Fsp3) is 0.647. The molecule has 1 amide bonds. The lowest BCUT2D eigenvalue weighted by molar-refractivity contribution is 0.0398. The molecule has 0 unspecified atom stereocenters. The number of carbonyl (C=O) groups is 1. The van der Waals surface area contributed by atoms with Gasteiger partial charge in [0.25, 0.3) is 5.91 Å². The highest BCUT2D eigenvalue weighted by atomic mass is 16.5. The molecule has 24 heavy (non-hydrogen) atoms. The third-order valence-electron chi connectivity index (χ3n) is 3.93. The van der Waals surface area contributed by atoms with Crippen LogP contribution >= 0.6 is 0 Å². The molecule has 2 rings (SSSR count). The van der Waals surface area contributed by atoms with Gasteiger partial charge < -0.3 is 20.3 Å². The Bertz CT molecular complexity index is 504. The Kier molecular flexibility index (Phi) is 7.94. The first-order chi connectivity index (χ1) is 11.6. The average Bonchev–Trinajstić information content (AvgIpc) is 2.59. The second kappa shape index (κ2) is 10.2. The summed E-state index contributed by atoms with van der Waals surface area (Å²) in [6, 6.07) is 1.85. The summed E-state index contributed by atoms with van der Waals surface area (Å²) >= 11 is 0. The Hall–Kier alpha value is -1.70. The zero-order chi connectivity index (χ0) is 17.2. The number of amides is 1. The number of nitrogens with zero attached hydrogens (tertiary/aromatic N) is 3. The van der Waals surface area contributed by atoms with Crippen LogP contribution in [0.1, 0.15) is 16.8 Å². The van der Waals surface area contributed by atoms with Gasteiger partial charge in [-0.25, -0.2) is 0 Å². The molecule has 1 aliphatic rings. The smallest absolute Gasteiger partial charge is 0.252 e. The lowest BCUT2D eigenvalue weighted by Gasteiger charge is -2.26. The van der Waals surface area contributed by atoms with E-state index in [1.807, 2.05) is 20.2 Å². The summed E-state index contributed by atoms with van der Waals surface area (Å²) in [7, 11) is 4.05. The average molecular weight is 335 g/mol. The molecule has 0 atom stereocenters. The number of morpholine rings is 1. The van der Waals surface area contributed by atoms with Gasteiger partial charge in [0.1, 0.15) is 0 Å². The summed E-state index contributed by atoms with van der Waals surface area (Å²) in [5, 5.41) is 6.27. The Labute approximate surface area is 144 Å². The van der Waals surface area contributed by atoms with Gasteiger partial charge >= 0.3 is 0 Å². The van der Waals surface area contributed by atoms with Crippen LogP contribution in [-0.4, -0.2) is 87.3 Å². The van der Waals surface area contributed by atoms with Crippen molar-refractivity contribution in [1.82, 2.24) is 20.1 Å². The quantitative estimate of drug-likeness (QED) is 0.641. The molecule has 0 spiro atoms. The molecule has 2 heterocycles. The van der Waals surface area contributed by atoms with Crippen LogP contribution in [0.5, 0.6) is 0 Å². The van der Waals surface area contributed by atoms with Crippen LogP contribution < -0.4 is 10.6 Å². The first-order valence-electron chi connectivity index (χ1n) is 8.57. The molecule has 0 radical (unpaired) electrons. The fourth-order valence-electron chi connectivity index (χ4n) is 2.54. The van der Waals surface area contributed by atoms with Gasteiger partial charge in [-0.3, -0.25) is 14.7 Å². The number of pyridine rings is 1. The van der Waals surface area contributed by atoms with Crippen LogP contribution in [0.25, 0.3) is 0 Å². The fourth-order valence-corrected chi connectivity index (χ4v) is 2.54. The van der Waals surface area contributed by atoms with Crippen molar-refractivity contribution in [2.45, 2.75) is 6.42 Å². The van der Waals surface area contributed by atoms with E-state index in [0.29, 0.717) is 12.1 Å². The van der Waals surface area contributed by atoms with E-state index < -0.39 is 0 Å². The first kappa shape index (κ1) is 18.6. The maximum absolute atomic E-state index is 12.1. The normalized spacial score (nSPS) is 15.5. The van der Waals surface area contributed by atoms with Gasteiger partial charge in [0, 0.05) is 45.1 Å². The van der Waals surface area contributed by atoms with E-state index in [2.05, 4.69) is 25.4 Å². The molecule has 0 saturated carbocycles. The minimum atomic E-state index is -0.0712. The number of hydrogen-bond donors (Lipinski definition) is 2. The highest BCUT2D eigenvalue weighted by Crippen LogP contribution is 2.08. The van der Waals surface area contributed by atoms with Gasteiger partial charge in [-0.15, -0.1) is 0 Å². The van der Waals surface area contributed by atoms with E-state index in [4.69, 9.17) is 4.74 Å². The van der Waals surface area contributed by atoms with Crippen molar-refractivity contribution in [2.24, 2.45) is 0 Å². The Morgan fingerprint density at radius 2 is 2.08 bits per heavy atom. The van der Waals surface area contributed by atoms with Gasteiger partial charge in [0.2, 0.25) is 0 Å². The number of ether oxygens (including phenoxy) is 1. The van der Waals surface area contributed by atoms with E-state index in [1.165, 1.54) is 0 Å². The summed E-state index contributed by atoms with van der Waals surface area (Å²) < 4.78 is 5.34. The Morgan fingerprint density at radius 3 is 2.83 bits per heavy atom. The molecular weight excluding hydrogens is 306 g/mol. The lowest BCUT2D eigenvalue weighted by atomic mass is 10.2. The Morgan fingerprint density at radius 1 is 1.29 bits per heavy atom.